The van der Waals surface area contributed by atoms with Crippen molar-refractivity contribution < 1.29 is 12.9 Å². The highest BCUT2D eigenvalue weighted by Crippen LogP contribution is 2.23. The lowest BCUT2D eigenvalue weighted by Crippen LogP contribution is -2.22. The fraction of sp³-hybridized carbons (Fsp3) is 0.118. The van der Waals surface area contributed by atoms with Crippen LogP contribution in [0.3, 0.4) is 0 Å². The molecule has 0 fully saturated rings. The second-order valence-electron chi connectivity index (χ2n) is 5.35. The summed E-state index contributed by atoms with van der Waals surface area (Å²) in [5.74, 6) is 0. The number of hydrogen-bond acceptors (Lipinski definition) is 4. The summed E-state index contributed by atoms with van der Waals surface area (Å²) in [6.45, 7) is 2.15. The van der Waals surface area contributed by atoms with Crippen molar-refractivity contribution in [1.82, 2.24) is 9.88 Å². The van der Waals surface area contributed by atoms with E-state index in [1.165, 1.54) is 6.07 Å². The van der Waals surface area contributed by atoms with E-state index in [1.807, 2.05) is 31.2 Å². The summed E-state index contributed by atoms with van der Waals surface area (Å²) >= 11 is 5.84. The van der Waals surface area contributed by atoms with Gasteiger partial charge in [0, 0.05) is 23.2 Å². The Kier molecular flexibility index (Phi) is 4.71. The van der Waals surface area contributed by atoms with Crippen molar-refractivity contribution in [1.29, 1.82) is 0 Å². The predicted molar refractivity (Wildman–Crippen MR) is 92.2 cm³/mol. The van der Waals surface area contributed by atoms with Gasteiger partial charge in [-0.15, -0.1) is 0 Å². The Labute approximate surface area is 145 Å². The molecule has 2 aromatic carbocycles. The van der Waals surface area contributed by atoms with Crippen LogP contribution in [0.25, 0.3) is 11.3 Å². The van der Waals surface area contributed by atoms with Crippen molar-refractivity contribution >= 4 is 21.6 Å². The second-order valence-corrected chi connectivity index (χ2v) is 7.48. The minimum absolute atomic E-state index is 0.180. The predicted octanol–water partition coefficient (Wildman–Crippen LogP) is 3.78. The van der Waals surface area contributed by atoms with E-state index < -0.39 is 10.0 Å². The highest BCUT2D eigenvalue weighted by molar-refractivity contribution is 7.89. The third-order valence-corrected chi connectivity index (χ3v) is 4.98. The van der Waals surface area contributed by atoms with Crippen molar-refractivity contribution in [2.45, 2.75) is 18.6 Å². The van der Waals surface area contributed by atoms with Crippen LogP contribution in [0.2, 0.25) is 5.02 Å². The first-order valence-corrected chi connectivity index (χ1v) is 9.08. The first kappa shape index (κ1) is 16.7. The molecule has 0 aliphatic carbocycles. The first-order valence-electron chi connectivity index (χ1n) is 7.22. The van der Waals surface area contributed by atoms with E-state index >= 15 is 0 Å². The van der Waals surface area contributed by atoms with Crippen molar-refractivity contribution in [2.24, 2.45) is 0 Å². The van der Waals surface area contributed by atoms with E-state index in [9.17, 15) is 8.42 Å². The summed E-state index contributed by atoms with van der Waals surface area (Å²) in [7, 11) is -3.77. The number of nitrogens with zero attached hydrogens (tertiary/aromatic N) is 1. The Morgan fingerprint density at radius 1 is 1.08 bits per heavy atom. The monoisotopic (exact) mass is 362 g/mol. The third kappa shape index (κ3) is 3.84. The van der Waals surface area contributed by atoms with Gasteiger partial charge in [0.05, 0.1) is 0 Å². The van der Waals surface area contributed by atoms with Gasteiger partial charge in [-0.05, 0) is 24.6 Å². The Balaban J connectivity index is 1.75. The number of nitrogens with one attached hydrogen (secondary N) is 1. The molecule has 0 atom stereocenters. The fourth-order valence-electron chi connectivity index (χ4n) is 2.10. The number of benzene rings is 2. The molecule has 0 amide bonds. The van der Waals surface area contributed by atoms with Crippen LogP contribution < -0.4 is 4.72 Å². The molecule has 1 heterocycles. The van der Waals surface area contributed by atoms with E-state index in [4.69, 9.17) is 16.1 Å². The summed E-state index contributed by atoms with van der Waals surface area (Å²) in [6, 6.07) is 15.9. The van der Waals surface area contributed by atoms with Crippen LogP contribution in [0.15, 0.2) is 64.2 Å². The number of sulfonamides is 1. The summed E-state index contributed by atoms with van der Waals surface area (Å²) in [6.07, 6.45) is 0. The Morgan fingerprint density at radius 3 is 2.42 bits per heavy atom. The molecule has 0 aliphatic rings. The van der Waals surface area contributed by atoms with Gasteiger partial charge in [-0.25, -0.2) is 13.1 Å². The van der Waals surface area contributed by atoms with Crippen LogP contribution >= 0.6 is 11.6 Å². The van der Waals surface area contributed by atoms with Crippen LogP contribution in [0.4, 0.5) is 0 Å². The minimum atomic E-state index is -3.77. The van der Waals surface area contributed by atoms with Crippen LogP contribution in [0, 0.1) is 6.92 Å². The van der Waals surface area contributed by atoms with Gasteiger partial charge in [-0.2, -0.15) is 0 Å². The van der Waals surface area contributed by atoms with Crippen LogP contribution in [-0.2, 0) is 16.6 Å². The number of aryl methyl sites for hydroxylation is 1. The first-order chi connectivity index (χ1) is 11.4. The molecule has 0 unspecified atom stereocenters. The lowest BCUT2D eigenvalue weighted by Gasteiger charge is -2.04. The molecule has 3 aromatic rings. The molecule has 24 heavy (non-hydrogen) atoms. The molecular weight excluding hydrogens is 348 g/mol. The van der Waals surface area contributed by atoms with Gasteiger partial charge in [0.1, 0.15) is 5.69 Å². The number of aromatic nitrogens is 1. The van der Waals surface area contributed by atoms with Crippen molar-refractivity contribution in [3.63, 3.8) is 0 Å². The molecular formula is C17H15ClN2O3S. The number of hydrogen-bond donors (Lipinski definition) is 1. The normalized spacial score (nSPS) is 11.6. The lowest BCUT2D eigenvalue weighted by molar-refractivity contribution is 0.339. The maximum atomic E-state index is 12.3. The smallest absolute Gasteiger partial charge is 0.277 e. The average molecular weight is 363 g/mol. The third-order valence-electron chi connectivity index (χ3n) is 3.48. The molecule has 0 aliphatic heterocycles. The van der Waals surface area contributed by atoms with E-state index in [0.29, 0.717) is 10.7 Å². The molecule has 0 spiro atoms. The minimum Gasteiger partial charge on any atom is -0.343 e. The lowest BCUT2D eigenvalue weighted by atomic mass is 10.2. The Bertz CT molecular complexity index is 933. The topological polar surface area (TPSA) is 72.2 Å². The number of rotatable bonds is 5. The second kappa shape index (κ2) is 6.76. The van der Waals surface area contributed by atoms with Crippen LogP contribution in [0.5, 0.6) is 0 Å². The van der Waals surface area contributed by atoms with Gasteiger partial charge < -0.3 is 4.52 Å². The average Bonchev–Trinajstić information content (AvgIpc) is 3.06. The van der Waals surface area contributed by atoms with Crippen molar-refractivity contribution in [3.8, 4) is 11.3 Å². The molecule has 1 N–H and O–H groups in total. The summed E-state index contributed by atoms with van der Waals surface area (Å²) in [5.41, 5.74) is 3.14. The zero-order valence-corrected chi connectivity index (χ0v) is 14.4. The van der Waals surface area contributed by atoms with E-state index in [1.54, 1.807) is 24.3 Å². The molecule has 0 saturated heterocycles. The van der Waals surface area contributed by atoms with Gasteiger partial charge in [0.25, 0.3) is 15.1 Å². The maximum absolute atomic E-state index is 12.3. The Morgan fingerprint density at radius 2 is 1.75 bits per heavy atom. The van der Waals surface area contributed by atoms with Gasteiger partial charge in [-0.3, -0.25) is 0 Å². The van der Waals surface area contributed by atoms with Crippen LogP contribution in [0.1, 0.15) is 11.1 Å². The highest BCUT2D eigenvalue weighted by Gasteiger charge is 2.20. The molecule has 124 valence electrons. The molecule has 3 rings (SSSR count). The summed E-state index contributed by atoms with van der Waals surface area (Å²) < 4.78 is 32.1. The molecule has 1 aromatic heterocycles. The maximum Gasteiger partial charge on any atom is 0.277 e. The Hall–Kier alpha value is -2.15. The molecule has 0 radical (unpaired) electrons. The van der Waals surface area contributed by atoms with Gasteiger partial charge in [0.2, 0.25) is 0 Å². The summed E-state index contributed by atoms with van der Waals surface area (Å²) in [5, 5.41) is 4.18. The van der Waals surface area contributed by atoms with E-state index in [2.05, 4.69) is 9.88 Å². The van der Waals surface area contributed by atoms with Gasteiger partial charge >= 0.3 is 0 Å². The highest BCUT2D eigenvalue weighted by atomic mass is 35.5. The molecule has 0 saturated carbocycles. The largest absolute Gasteiger partial charge is 0.343 e. The zero-order valence-electron chi connectivity index (χ0n) is 12.9. The van der Waals surface area contributed by atoms with Crippen molar-refractivity contribution in [2.75, 3.05) is 0 Å². The van der Waals surface area contributed by atoms with Crippen LogP contribution in [-0.4, -0.2) is 13.6 Å². The quantitative estimate of drug-likeness (QED) is 0.749. The zero-order chi connectivity index (χ0) is 17.2. The van der Waals surface area contributed by atoms with Gasteiger partial charge in [-0.1, -0.05) is 58.7 Å². The van der Waals surface area contributed by atoms with Crippen molar-refractivity contribution in [3.05, 3.63) is 70.7 Å². The van der Waals surface area contributed by atoms with Gasteiger partial charge in [0.15, 0.2) is 0 Å². The summed E-state index contributed by atoms with van der Waals surface area (Å²) in [4.78, 5) is 0. The van der Waals surface area contributed by atoms with E-state index in [0.717, 1.165) is 16.7 Å². The molecule has 0 bridgehead atoms. The fourth-order valence-corrected chi connectivity index (χ4v) is 3.12. The van der Waals surface area contributed by atoms with E-state index in [-0.39, 0.29) is 11.6 Å². The molecule has 5 nitrogen and oxygen atoms in total. The SMILES string of the molecule is Cc1ccc(CNS(=O)(=O)c2cc(-c3ccc(Cl)cc3)no2)cc1. The molecule has 7 heteroatoms. The number of halogens is 1. The standard InChI is InChI=1S/C17H15ClN2O3S/c1-12-2-4-13(5-3-12)11-19-24(21,22)17-10-16(20-23-17)14-6-8-15(18)9-7-14/h2-10,19H,11H2,1H3.